The standard InChI is InChI=1S/C23H22BrCl2NO2.ClH/c1-28-22-12-19(24)11-18(23(22)29-15-16-5-3-2-4-6-16)14-27-10-9-17-7-8-20(25)13-21(17)26;/h2-8,11-13,27H,9-10,14-15H2,1H3;1H. The summed E-state index contributed by atoms with van der Waals surface area (Å²) in [6.07, 6.45) is 0.807. The highest BCUT2D eigenvalue weighted by atomic mass is 79.9. The summed E-state index contributed by atoms with van der Waals surface area (Å²) >= 11 is 15.8. The SMILES string of the molecule is COc1cc(Br)cc(CNCCc2ccc(Cl)cc2Cl)c1OCc1ccccc1.Cl. The van der Waals surface area contributed by atoms with Crippen LogP contribution in [0.15, 0.2) is 65.1 Å². The highest BCUT2D eigenvalue weighted by Gasteiger charge is 2.13. The van der Waals surface area contributed by atoms with Gasteiger partial charge in [-0.05, 0) is 48.4 Å². The molecule has 30 heavy (non-hydrogen) atoms. The van der Waals surface area contributed by atoms with Crippen LogP contribution in [0.4, 0.5) is 0 Å². The molecule has 0 saturated heterocycles. The van der Waals surface area contributed by atoms with Gasteiger partial charge in [-0.25, -0.2) is 0 Å². The largest absolute Gasteiger partial charge is 0.493 e. The Kier molecular flexibility index (Phi) is 10.3. The zero-order valence-electron chi connectivity index (χ0n) is 16.5. The second kappa shape index (κ2) is 12.4. The van der Waals surface area contributed by atoms with E-state index in [0.717, 1.165) is 39.9 Å². The number of hydrogen-bond donors (Lipinski definition) is 1. The van der Waals surface area contributed by atoms with Crippen molar-refractivity contribution in [2.75, 3.05) is 13.7 Å². The Labute approximate surface area is 202 Å². The minimum absolute atomic E-state index is 0. The molecule has 0 fully saturated rings. The fraction of sp³-hybridized carbons (Fsp3) is 0.217. The van der Waals surface area contributed by atoms with Crippen LogP contribution in [0.1, 0.15) is 16.7 Å². The van der Waals surface area contributed by atoms with Crippen LogP contribution in [0, 0.1) is 0 Å². The lowest BCUT2D eigenvalue weighted by atomic mass is 10.1. The highest BCUT2D eigenvalue weighted by Crippen LogP contribution is 2.35. The van der Waals surface area contributed by atoms with Crippen molar-refractivity contribution in [3.05, 3.63) is 91.9 Å². The van der Waals surface area contributed by atoms with E-state index in [-0.39, 0.29) is 12.4 Å². The minimum atomic E-state index is 0. The molecule has 0 atom stereocenters. The first-order valence-electron chi connectivity index (χ1n) is 9.24. The smallest absolute Gasteiger partial charge is 0.166 e. The molecule has 0 saturated carbocycles. The maximum atomic E-state index is 6.26. The maximum absolute atomic E-state index is 6.26. The Morgan fingerprint density at radius 3 is 2.43 bits per heavy atom. The first kappa shape index (κ1) is 24.8. The third kappa shape index (κ3) is 7.07. The second-order valence-corrected chi connectivity index (χ2v) is 8.29. The topological polar surface area (TPSA) is 30.5 Å². The number of ether oxygens (including phenoxy) is 2. The zero-order valence-corrected chi connectivity index (χ0v) is 20.4. The molecular weight excluding hydrogens is 509 g/mol. The molecule has 0 aliphatic rings. The lowest BCUT2D eigenvalue weighted by Crippen LogP contribution is -2.17. The van der Waals surface area contributed by atoms with Gasteiger partial charge in [0.1, 0.15) is 6.61 Å². The van der Waals surface area contributed by atoms with Gasteiger partial charge < -0.3 is 14.8 Å². The van der Waals surface area contributed by atoms with Crippen LogP contribution >= 0.6 is 51.5 Å². The summed E-state index contributed by atoms with van der Waals surface area (Å²) in [5.74, 6) is 1.45. The van der Waals surface area contributed by atoms with Gasteiger partial charge >= 0.3 is 0 Å². The van der Waals surface area contributed by atoms with E-state index in [9.17, 15) is 0 Å². The van der Waals surface area contributed by atoms with Crippen molar-refractivity contribution >= 4 is 51.5 Å². The molecule has 7 heteroatoms. The fourth-order valence-electron chi connectivity index (χ4n) is 2.97. The number of nitrogens with one attached hydrogen (secondary N) is 1. The molecule has 0 aliphatic heterocycles. The summed E-state index contributed by atoms with van der Waals surface area (Å²) in [6.45, 7) is 1.89. The van der Waals surface area contributed by atoms with Gasteiger partial charge in [0.2, 0.25) is 0 Å². The Bertz CT molecular complexity index is 955. The number of halogens is 4. The third-order valence-corrected chi connectivity index (χ3v) is 5.49. The highest BCUT2D eigenvalue weighted by molar-refractivity contribution is 9.10. The first-order valence-corrected chi connectivity index (χ1v) is 10.8. The van der Waals surface area contributed by atoms with Crippen LogP contribution < -0.4 is 14.8 Å². The molecule has 3 aromatic carbocycles. The van der Waals surface area contributed by atoms with Gasteiger partial charge in [-0.15, -0.1) is 12.4 Å². The third-order valence-electron chi connectivity index (χ3n) is 4.44. The summed E-state index contributed by atoms with van der Waals surface area (Å²) in [4.78, 5) is 0. The van der Waals surface area contributed by atoms with Crippen molar-refractivity contribution in [1.82, 2.24) is 5.32 Å². The normalized spacial score (nSPS) is 10.4. The van der Waals surface area contributed by atoms with Crippen LogP contribution in [-0.4, -0.2) is 13.7 Å². The van der Waals surface area contributed by atoms with Gasteiger partial charge in [0.25, 0.3) is 0 Å². The van der Waals surface area contributed by atoms with E-state index in [4.69, 9.17) is 32.7 Å². The summed E-state index contributed by atoms with van der Waals surface area (Å²) in [7, 11) is 1.65. The number of benzene rings is 3. The zero-order chi connectivity index (χ0) is 20.6. The molecule has 3 nitrogen and oxygen atoms in total. The minimum Gasteiger partial charge on any atom is -0.493 e. The Hall–Kier alpha value is -1.43. The maximum Gasteiger partial charge on any atom is 0.166 e. The van der Waals surface area contributed by atoms with E-state index in [1.165, 1.54) is 0 Å². The van der Waals surface area contributed by atoms with Crippen LogP contribution in [0.2, 0.25) is 10.0 Å². The van der Waals surface area contributed by atoms with Gasteiger partial charge in [0.15, 0.2) is 11.5 Å². The fourth-order valence-corrected chi connectivity index (χ4v) is 3.96. The van der Waals surface area contributed by atoms with Gasteiger partial charge in [0, 0.05) is 26.6 Å². The molecule has 0 amide bonds. The summed E-state index contributed by atoms with van der Waals surface area (Å²) < 4.78 is 12.6. The first-order chi connectivity index (χ1) is 14.1. The van der Waals surface area contributed by atoms with Crippen molar-refractivity contribution in [3.63, 3.8) is 0 Å². The molecule has 0 heterocycles. The van der Waals surface area contributed by atoms with E-state index in [1.807, 2.05) is 54.6 Å². The van der Waals surface area contributed by atoms with Gasteiger partial charge in [-0.2, -0.15) is 0 Å². The van der Waals surface area contributed by atoms with E-state index in [1.54, 1.807) is 13.2 Å². The van der Waals surface area contributed by atoms with Crippen molar-refractivity contribution in [2.24, 2.45) is 0 Å². The Morgan fingerprint density at radius 1 is 0.967 bits per heavy atom. The molecule has 0 aromatic heterocycles. The Morgan fingerprint density at radius 2 is 1.73 bits per heavy atom. The molecule has 0 bridgehead atoms. The van der Waals surface area contributed by atoms with Crippen molar-refractivity contribution < 1.29 is 9.47 Å². The molecular formula is C23H23BrCl3NO2. The molecule has 3 rings (SSSR count). The van der Waals surface area contributed by atoms with Gasteiger partial charge in [-0.3, -0.25) is 0 Å². The molecule has 160 valence electrons. The predicted molar refractivity (Wildman–Crippen MR) is 131 cm³/mol. The molecule has 1 N–H and O–H groups in total. The second-order valence-electron chi connectivity index (χ2n) is 6.53. The lowest BCUT2D eigenvalue weighted by Gasteiger charge is -2.17. The number of rotatable bonds is 9. The van der Waals surface area contributed by atoms with Crippen LogP contribution in [0.3, 0.4) is 0 Å². The average Bonchev–Trinajstić information content (AvgIpc) is 2.72. The average molecular weight is 532 g/mol. The quantitative estimate of drug-likeness (QED) is 0.299. The van der Waals surface area contributed by atoms with E-state index < -0.39 is 0 Å². The molecule has 0 spiro atoms. The van der Waals surface area contributed by atoms with E-state index in [2.05, 4.69) is 21.2 Å². The van der Waals surface area contributed by atoms with E-state index in [0.29, 0.717) is 28.9 Å². The van der Waals surface area contributed by atoms with Gasteiger partial charge in [-0.1, -0.05) is 75.5 Å². The van der Waals surface area contributed by atoms with Crippen LogP contribution in [0.5, 0.6) is 11.5 Å². The Balaban J connectivity index is 0.00000320. The number of hydrogen-bond acceptors (Lipinski definition) is 3. The molecule has 0 radical (unpaired) electrons. The van der Waals surface area contributed by atoms with Crippen molar-refractivity contribution in [3.8, 4) is 11.5 Å². The van der Waals surface area contributed by atoms with Gasteiger partial charge in [0.05, 0.1) is 7.11 Å². The van der Waals surface area contributed by atoms with Crippen molar-refractivity contribution in [1.29, 1.82) is 0 Å². The van der Waals surface area contributed by atoms with Crippen LogP contribution in [0.25, 0.3) is 0 Å². The van der Waals surface area contributed by atoms with E-state index >= 15 is 0 Å². The number of methoxy groups -OCH3 is 1. The van der Waals surface area contributed by atoms with Crippen molar-refractivity contribution in [2.45, 2.75) is 19.6 Å². The lowest BCUT2D eigenvalue weighted by molar-refractivity contribution is 0.280. The van der Waals surface area contributed by atoms with Crippen LogP contribution in [-0.2, 0) is 19.6 Å². The molecule has 3 aromatic rings. The molecule has 0 aliphatic carbocycles. The summed E-state index contributed by atoms with van der Waals surface area (Å²) in [5.41, 5.74) is 3.19. The summed E-state index contributed by atoms with van der Waals surface area (Å²) in [5, 5.41) is 4.80. The molecule has 0 unspecified atom stereocenters. The summed E-state index contributed by atoms with van der Waals surface area (Å²) in [6, 6.07) is 19.6. The monoisotopic (exact) mass is 529 g/mol. The predicted octanol–water partition coefficient (Wildman–Crippen LogP) is 7.10.